The van der Waals surface area contributed by atoms with Crippen LogP contribution in [0.5, 0.6) is 0 Å². The Morgan fingerprint density at radius 2 is 1.24 bits per heavy atom. The molecule has 2 heteroatoms. The molecule has 5 rings (SSSR count). The van der Waals surface area contributed by atoms with Crippen LogP contribution in [-0.4, -0.2) is 49.1 Å². The summed E-state index contributed by atoms with van der Waals surface area (Å²) in [6, 6.07) is 33.4. The van der Waals surface area contributed by atoms with E-state index >= 15 is 0 Å². The van der Waals surface area contributed by atoms with Gasteiger partial charge in [-0.25, -0.2) is 0 Å². The Kier molecular flexibility index (Phi) is 7.55. The lowest BCUT2D eigenvalue weighted by atomic mass is 9.86. The fourth-order valence-electron chi connectivity index (χ4n) is 6.06. The third-order valence-electron chi connectivity index (χ3n) is 7.88. The van der Waals surface area contributed by atoms with Crippen molar-refractivity contribution in [3.8, 4) is 0 Å². The molecule has 2 nitrogen and oxygen atoms in total. The highest BCUT2D eigenvalue weighted by Gasteiger charge is 2.35. The molecule has 2 fully saturated rings. The monoisotopic (exact) mass is 438 g/mol. The molecule has 2 heterocycles. The lowest BCUT2D eigenvalue weighted by molar-refractivity contribution is 0.177. The summed E-state index contributed by atoms with van der Waals surface area (Å²) >= 11 is 0. The zero-order valence-corrected chi connectivity index (χ0v) is 19.9. The van der Waals surface area contributed by atoms with Crippen molar-refractivity contribution in [3.63, 3.8) is 0 Å². The van der Waals surface area contributed by atoms with E-state index in [1.165, 1.54) is 81.6 Å². The van der Waals surface area contributed by atoms with Crippen molar-refractivity contribution >= 4 is 0 Å². The average Bonchev–Trinajstić information content (AvgIpc) is 3.28. The van der Waals surface area contributed by atoms with Crippen LogP contribution < -0.4 is 0 Å². The minimum Gasteiger partial charge on any atom is -0.303 e. The van der Waals surface area contributed by atoms with Crippen molar-refractivity contribution < 1.29 is 0 Å². The second kappa shape index (κ2) is 11.1. The van der Waals surface area contributed by atoms with E-state index in [4.69, 9.17) is 0 Å². The maximum absolute atomic E-state index is 2.76. The first-order valence-corrected chi connectivity index (χ1v) is 12.9. The molecule has 2 saturated heterocycles. The smallest absolute Gasteiger partial charge is 0.00540 e. The molecular weight excluding hydrogens is 400 g/mol. The number of nitrogens with zero attached hydrogens (tertiary/aromatic N) is 2. The highest BCUT2D eigenvalue weighted by molar-refractivity contribution is 5.23. The van der Waals surface area contributed by atoms with E-state index in [-0.39, 0.29) is 0 Å². The van der Waals surface area contributed by atoms with E-state index in [0.29, 0.717) is 5.92 Å². The van der Waals surface area contributed by atoms with Gasteiger partial charge >= 0.3 is 0 Å². The third kappa shape index (κ3) is 5.93. The second-order valence-electron chi connectivity index (χ2n) is 10.1. The minimum absolute atomic E-state index is 0.662. The highest BCUT2D eigenvalue weighted by atomic mass is 15.2. The van der Waals surface area contributed by atoms with Gasteiger partial charge in [-0.2, -0.15) is 0 Å². The van der Waals surface area contributed by atoms with Crippen LogP contribution >= 0.6 is 0 Å². The van der Waals surface area contributed by atoms with Gasteiger partial charge in [-0.3, -0.25) is 0 Å². The third-order valence-corrected chi connectivity index (χ3v) is 7.88. The van der Waals surface area contributed by atoms with Crippen molar-refractivity contribution in [2.24, 2.45) is 5.92 Å². The Morgan fingerprint density at radius 3 is 1.91 bits per heavy atom. The van der Waals surface area contributed by atoms with Gasteiger partial charge in [0.15, 0.2) is 0 Å². The molecule has 0 aliphatic carbocycles. The Labute approximate surface area is 200 Å². The summed E-state index contributed by atoms with van der Waals surface area (Å²) in [5.41, 5.74) is 4.53. The molecule has 0 spiro atoms. The first kappa shape index (κ1) is 22.4. The van der Waals surface area contributed by atoms with Crippen molar-refractivity contribution in [2.75, 3.05) is 39.3 Å². The molecule has 0 N–H and O–H groups in total. The number of piperidine rings is 1. The minimum atomic E-state index is 0.662. The van der Waals surface area contributed by atoms with Crippen LogP contribution in [0, 0.1) is 5.92 Å². The molecule has 3 aromatic carbocycles. The standard InChI is InChI=1S/C31H38N2/c1-4-11-26(12-5-1)13-10-20-33-24-30(31(25-33)29-16-8-3-9-17-29)23-32-21-18-28(19-22-32)27-14-6-2-7-15-27/h1-9,11-12,14-17,28,30-31H,10,13,18-25H2/t30?,31-/m1/s1. The number of hydrogen-bond acceptors (Lipinski definition) is 2. The van der Waals surface area contributed by atoms with E-state index in [1.54, 1.807) is 0 Å². The van der Waals surface area contributed by atoms with Gasteiger partial charge in [0.1, 0.15) is 0 Å². The van der Waals surface area contributed by atoms with E-state index in [9.17, 15) is 0 Å². The second-order valence-corrected chi connectivity index (χ2v) is 10.1. The number of benzene rings is 3. The molecule has 3 aromatic rings. The van der Waals surface area contributed by atoms with Crippen molar-refractivity contribution in [3.05, 3.63) is 108 Å². The van der Waals surface area contributed by atoms with E-state index < -0.39 is 0 Å². The first-order chi connectivity index (χ1) is 16.3. The fourth-order valence-corrected chi connectivity index (χ4v) is 6.06. The molecular formula is C31H38N2. The van der Waals surface area contributed by atoms with E-state index in [0.717, 1.165) is 11.8 Å². The summed E-state index contributed by atoms with van der Waals surface area (Å²) in [5, 5.41) is 0. The predicted molar refractivity (Wildman–Crippen MR) is 139 cm³/mol. The number of likely N-dealkylation sites (tertiary alicyclic amines) is 2. The van der Waals surface area contributed by atoms with Gasteiger partial charge in [0, 0.05) is 25.6 Å². The van der Waals surface area contributed by atoms with Gasteiger partial charge in [0.2, 0.25) is 0 Å². The quantitative estimate of drug-likeness (QED) is 0.412. The Balaban J connectivity index is 1.17. The number of hydrogen-bond donors (Lipinski definition) is 0. The average molecular weight is 439 g/mol. The first-order valence-electron chi connectivity index (χ1n) is 12.9. The van der Waals surface area contributed by atoms with Crippen LogP contribution in [0.25, 0.3) is 0 Å². The summed E-state index contributed by atoms with van der Waals surface area (Å²) in [4.78, 5) is 5.50. The molecule has 0 aromatic heterocycles. The van der Waals surface area contributed by atoms with Crippen molar-refractivity contribution in [1.29, 1.82) is 0 Å². The zero-order chi connectivity index (χ0) is 22.3. The van der Waals surface area contributed by atoms with Crippen LogP contribution in [0.2, 0.25) is 0 Å². The Morgan fingerprint density at radius 1 is 0.636 bits per heavy atom. The van der Waals surface area contributed by atoms with Crippen LogP contribution in [0.15, 0.2) is 91.0 Å². The van der Waals surface area contributed by atoms with Crippen LogP contribution in [0.4, 0.5) is 0 Å². The SMILES string of the molecule is c1ccc(CCCN2CC(CN3CCC(c4ccccc4)CC3)[C@@H](c3ccccc3)C2)cc1. The van der Waals surface area contributed by atoms with Crippen LogP contribution in [0.1, 0.15) is 47.8 Å². The Bertz CT molecular complexity index is 948. The van der Waals surface area contributed by atoms with Gasteiger partial charge in [-0.15, -0.1) is 0 Å². The van der Waals surface area contributed by atoms with Gasteiger partial charge in [0.25, 0.3) is 0 Å². The van der Waals surface area contributed by atoms with E-state index in [1.807, 2.05) is 0 Å². The van der Waals surface area contributed by atoms with Gasteiger partial charge < -0.3 is 9.80 Å². The predicted octanol–water partition coefficient (Wildman–Crippen LogP) is 6.21. The molecule has 0 saturated carbocycles. The molecule has 2 aliphatic heterocycles. The highest BCUT2D eigenvalue weighted by Crippen LogP contribution is 2.35. The molecule has 1 unspecified atom stereocenters. The zero-order valence-electron chi connectivity index (χ0n) is 19.9. The normalized spacial score (nSPS) is 22.5. The van der Waals surface area contributed by atoms with Crippen molar-refractivity contribution in [2.45, 2.75) is 37.5 Å². The number of aryl methyl sites for hydroxylation is 1. The number of rotatable bonds is 8. The fraction of sp³-hybridized carbons (Fsp3) is 0.419. The summed E-state index contributed by atoms with van der Waals surface area (Å²) < 4.78 is 0. The molecule has 0 amide bonds. The molecule has 0 bridgehead atoms. The summed E-state index contributed by atoms with van der Waals surface area (Å²) in [5.74, 6) is 2.14. The summed E-state index contributed by atoms with van der Waals surface area (Å²) in [6.45, 7) is 7.40. The van der Waals surface area contributed by atoms with Gasteiger partial charge in [0.05, 0.1) is 0 Å². The summed E-state index contributed by atoms with van der Waals surface area (Å²) in [6.07, 6.45) is 5.03. The topological polar surface area (TPSA) is 6.48 Å². The maximum atomic E-state index is 2.76. The largest absolute Gasteiger partial charge is 0.303 e. The molecule has 2 aliphatic rings. The molecule has 0 radical (unpaired) electrons. The van der Waals surface area contributed by atoms with Gasteiger partial charge in [-0.1, -0.05) is 91.0 Å². The maximum Gasteiger partial charge on any atom is 0.00540 e. The van der Waals surface area contributed by atoms with Crippen LogP contribution in [0.3, 0.4) is 0 Å². The Hall–Kier alpha value is -2.42. The van der Waals surface area contributed by atoms with Gasteiger partial charge in [-0.05, 0) is 73.8 Å². The molecule has 2 atom stereocenters. The molecule has 172 valence electrons. The lowest BCUT2D eigenvalue weighted by Crippen LogP contribution is -2.38. The lowest BCUT2D eigenvalue weighted by Gasteiger charge is -2.35. The molecule has 33 heavy (non-hydrogen) atoms. The van der Waals surface area contributed by atoms with Crippen molar-refractivity contribution in [1.82, 2.24) is 9.80 Å². The summed E-state index contributed by atoms with van der Waals surface area (Å²) in [7, 11) is 0. The van der Waals surface area contributed by atoms with E-state index in [2.05, 4.69) is 101 Å². The van der Waals surface area contributed by atoms with Crippen LogP contribution in [-0.2, 0) is 6.42 Å².